The summed E-state index contributed by atoms with van der Waals surface area (Å²) in [5.41, 5.74) is 17.1. The number of H-pyrrole nitrogens is 1. The molecule has 4 rings (SSSR count). The third-order valence-electron chi connectivity index (χ3n) is 5.12. The van der Waals surface area contributed by atoms with Crippen molar-refractivity contribution < 1.29 is 0 Å². The van der Waals surface area contributed by atoms with E-state index in [1.54, 1.807) is 0 Å². The van der Waals surface area contributed by atoms with Crippen LogP contribution in [0, 0.1) is 6.92 Å². The fourth-order valence-corrected chi connectivity index (χ4v) is 3.29. The van der Waals surface area contributed by atoms with Crippen LogP contribution in [0.4, 0.5) is 11.5 Å². The lowest BCUT2D eigenvalue weighted by Crippen LogP contribution is -2.48. The predicted octanol–water partition coefficient (Wildman–Crippen LogP) is 2.23. The molecule has 1 aliphatic heterocycles. The van der Waals surface area contributed by atoms with Crippen LogP contribution < -0.4 is 16.4 Å². The van der Waals surface area contributed by atoms with Crippen LogP contribution in [0.25, 0.3) is 22.4 Å². The summed E-state index contributed by atoms with van der Waals surface area (Å²) < 4.78 is 0. The number of anilines is 2. The molecule has 1 aliphatic rings. The van der Waals surface area contributed by atoms with Crippen LogP contribution in [0.3, 0.4) is 0 Å². The van der Waals surface area contributed by atoms with Gasteiger partial charge in [0.05, 0.1) is 6.20 Å². The van der Waals surface area contributed by atoms with Crippen LogP contribution in [0.5, 0.6) is 0 Å². The summed E-state index contributed by atoms with van der Waals surface area (Å²) in [5, 5.41) is 7.45. The minimum atomic E-state index is -0.0834. The standard InChI is InChI=1S/C18H23N7/c1-11-12(4-3-5-13(11)19)15-16-17(24-23-15)22-14(10-21-16)25-8-6-18(2,20)7-9-25/h3-5,10H,6-9,19-20H2,1-2H3,(H,22,23,24). The van der Waals surface area contributed by atoms with Crippen molar-refractivity contribution in [3.63, 3.8) is 0 Å². The zero-order chi connectivity index (χ0) is 17.6. The molecule has 5 N–H and O–H groups in total. The number of benzene rings is 1. The molecule has 2 aromatic heterocycles. The van der Waals surface area contributed by atoms with Crippen molar-refractivity contribution in [1.82, 2.24) is 20.2 Å². The fraction of sp³-hybridized carbons (Fsp3) is 0.389. The lowest BCUT2D eigenvalue weighted by Gasteiger charge is -2.37. The lowest BCUT2D eigenvalue weighted by atomic mass is 9.91. The number of nitrogens with one attached hydrogen (secondary N) is 1. The minimum absolute atomic E-state index is 0.0834. The molecule has 3 aromatic rings. The van der Waals surface area contributed by atoms with Crippen LogP contribution in [-0.2, 0) is 0 Å². The summed E-state index contributed by atoms with van der Waals surface area (Å²) in [6.45, 7) is 5.88. The Morgan fingerprint density at radius 2 is 2.00 bits per heavy atom. The van der Waals surface area contributed by atoms with Gasteiger partial charge in [0, 0.05) is 29.9 Å². The van der Waals surface area contributed by atoms with Gasteiger partial charge in [0.1, 0.15) is 17.0 Å². The molecular formula is C18H23N7. The molecule has 130 valence electrons. The van der Waals surface area contributed by atoms with Crippen LogP contribution >= 0.6 is 0 Å². The number of aromatic amines is 1. The first kappa shape index (κ1) is 15.8. The van der Waals surface area contributed by atoms with Crippen LogP contribution in [0.2, 0.25) is 0 Å². The number of nitrogen functional groups attached to an aromatic ring is 1. The predicted molar refractivity (Wildman–Crippen MR) is 100 cm³/mol. The quantitative estimate of drug-likeness (QED) is 0.619. The van der Waals surface area contributed by atoms with Gasteiger partial charge in [-0.3, -0.25) is 5.10 Å². The van der Waals surface area contributed by atoms with E-state index in [2.05, 4.69) is 27.0 Å². The third kappa shape index (κ3) is 2.80. The maximum atomic E-state index is 6.21. The highest BCUT2D eigenvalue weighted by Gasteiger charge is 2.27. The fourth-order valence-electron chi connectivity index (χ4n) is 3.29. The summed E-state index contributed by atoms with van der Waals surface area (Å²) in [6, 6.07) is 5.82. The van der Waals surface area contributed by atoms with Gasteiger partial charge >= 0.3 is 0 Å². The minimum Gasteiger partial charge on any atom is -0.398 e. The van der Waals surface area contributed by atoms with Crippen molar-refractivity contribution in [2.45, 2.75) is 32.2 Å². The maximum absolute atomic E-state index is 6.21. The Morgan fingerprint density at radius 1 is 1.24 bits per heavy atom. The Balaban J connectivity index is 1.69. The topological polar surface area (TPSA) is 110 Å². The van der Waals surface area contributed by atoms with Gasteiger partial charge in [-0.1, -0.05) is 12.1 Å². The second-order valence-corrected chi connectivity index (χ2v) is 7.16. The van der Waals surface area contributed by atoms with E-state index in [-0.39, 0.29) is 5.54 Å². The van der Waals surface area contributed by atoms with Gasteiger partial charge in [0.25, 0.3) is 0 Å². The first-order chi connectivity index (χ1) is 11.9. The van der Waals surface area contributed by atoms with E-state index in [1.165, 1.54) is 0 Å². The molecule has 1 aromatic carbocycles. The van der Waals surface area contributed by atoms with E-state index in [0.717, 1.165) is 59.8 Å². The van der Waals surface area contributed by atoms with Crippen molar-refractivity contribution >= 4 is 22.7 Å². The molecule has 0 saturated carbocycles. The number of nitrogens with zero attached hydrogens (tertiary/aromatic N) is 4. The first-order valence-corrected chi connectivity index (χ1v) is 8.55. The van der Waals surface area contributed by atoms with Gasteiger partial charge in [-0.25, -0.2) is 9.97 Å². The van der Waals surface area contributed by atoms with E-state index < -0.39 is 0 Å². The highest BCUT2D eigenvalue weighted by molar-refractivity contribution is 5.90. The number of aromatic nitrogens is 4. The summed E-state index contributed by atoms with van der Waals surface area (Å²) in [5.74, 6) is 0.863. The van der Waals surface area contributed by atoms with Gasteiger partial charge in [-0.2, -0.15) is 5.10 Å². The number of nitrogens with two attached hydrogens (primary N) is 2. The Labute approximate surface area is 146 Å². The molecular weight excluding hydrogens is 314 g/mol. The van der Waals surface area contributed by atoms with Crippen molar-refractivity contribution in [2.24, 2.45) is 5.73 Å². The monoisotopic (exact) mass is 337 g/mol. The van der Waals surface area contributed by atoms with Crippen molar-refractivity contribution in [3.8, 4) is 11.3 Å². The van der Waals surface area contributed by atoms with Crippen molar-refractivity contribution in [2.75, 3.05) is 23.7 Å². The zero-order valence-corrected chi connectivity index (χ0v) is 14.6. The number of piperidine rings is 1. The molecule has 0 bridgehead atoms. The molecule has 1 fully saturated rings. The summed E-state index contributed by atoms with van der Waals surface area (Å²) in [7, 11) is 0. The summed E-state index contributed by atoms with van der Waals surface area (Å²) in [6.07, 6.45) is 3.72. The highest BCUT2D eigenvalue weighted by Crippen LogP contribution is 2.30. The average Bonchev–Trinajstić information content (AvgIpc) is 3.00. The average molecular weight is 337 g/mol. The van der Waals surface area contributed by atoms with E-state index in [1.807, 2.05) is 31.3 Å². The number of rotatable bonds is 2. The molecule has 0 unspecified atom stereocenters. The Bertz CT molecular complexity index is 918. The zero-order valence-electron chi connectivity index (χ0n) is 14.6. The van der Waals surface area contributed by atoms with Crippen LogP contribution in [-0.4, -0.2) is 38.8 Å². The largest absolute Gasteiger partial charge is 0.398 e. The van der Waals surface area contributed by atoms with E-state index in [4.69, 9.17) is 16.5 Å². The molecule has 0 amide bonds. The van der Waals surface area contributed by atoms with Gasteiger partial charge in [0.15, 0.2) is 5.65 Å². The Hall–Kier alpha value is -2.67. The van der Waals surface area contributed by atoms with Gasteiger partial charge < -0.3 is 16.4 Å². The lowest BCUT2D eigenvalue weighted by molar-refractivity contribution is 0.363. The van der Waals surface area contributed by atoms with Crippen molar-refractivity contribution in [3.05, 3.63) is 30.0 Å². The molecule has 7 heteroatoms. The van der Waals surface area contributed by atoms with Crippen molar-refractivity contribution in [1.29, 1.82) is 0 Å². The molecule has 25 heavy (non-hydrogen) atoms. The number of fused-ring (bicyclic) bond motifs is 1. The molecule has 3 heterocycles. The Morgan fingerprint density at radius 3 is 2.76 bits per heavy atom. The summed E-state index contributed by atoms with van der Waals surface area (Å²) in [4.78, 5) is 11.6. The van der Waals surface area contributed by atoms with Gasteiger partial charge in [-0.05, 0) is 38.3 Å². The van der Waals surface area contributed by atoms with E-state index in [0.29, 0.717) is 5.65 Å². The van der Waals surface area contributed by atoms with Crippen LogP contribution in [0.15, 0.2) is 24.4 Å². The normalized spacial score (nSPS) is 17.2. The highest BCUT2D eigenvalue weighted by atomic mass is 15.2. The molecule has 0 aliphatic carbocycles. The second-order valence-electron chi connectivity index (χ2n) is 7.16. The molecule has 0 radical (unpaired) electrons. The smallest absolute Gasteiger partial charge is 0.177 e. The number of hydrogen-bond acceptors (Lipinski definition) is 6. The first-order valence-electron chi connectivity index (χ1n) is 8.55. The molecule has 0 spiro atoms. The summed E-state index contributed by atoms with van der Waals surface area (Å²) >= 11 is 0. The maximum Gasteiger partial charge on any atom is 0.177 e. The number of hydrogen-bond donors (Lipinski definition) is 3. The Kier molecular flexibility index (Phi) is 3.61. The third-order valence-corrected chi connectivity index (χ3v) is 5.12. The van der Waals surface area contributed by atoms with E-state index >= 15 is 0 Å². The van der Waals surface area contributed by atoms with E-state index in [9.17, 15) is 0 Å². The SMILES string of the molecule is Cc1c(N)cccc1-c1n[nH]c2nc(N3CCC(C)(N)CC3)cnc12. The molecule has 0 atom stereocenters. The molecule has 7 nitrogen and oxygen atoms in total. The molecule has 1 saturated heterocycles. The van der Waals surface area contributed by atoms with Gasteiger partial charge in [-0.15, -0.1) is 0 Å². The van der Waals surface area contributed by atoms with Crippen LogP contribution in [0.1, 0.15) is 25.3 Å². The van der Waals surface area contributed by atoms with Gasteiger partial charge in [0.2, 0.25) is 0 Å². The second kappa shape index (κ2) is 5.70.